The van der Waals surface area contributed by atoms with E-state index in [0.29, 0.717) is 5.69 Å². The molecule has 3 nitrogen and oxygen atoms in total. The molecule has 1 aliphatic rings. The van der Waals surface area contributed by atoms with E-state index in [2.05, 4.69) is 11.0 Å². The topological polar surface area (TPSA) is 27.1 Å². The van der Waals surface area contributed by atoms with E-state index in [1.54, 1.807) is 10.7 Å². The minimum absolute atomic E-state index is 0.655. The molecule has 0 saturated carbocycles. The first-order valence-corrected chi connectivity index (χ1v) is 3.57. The first kappa shape index (κ1) is 6.29. The number of nitrogens with zero attached hydrogens (tertiary/aromatic N) is 2. The monoisotopic (exact) mass is 148 g/mol. The van der Waals surface area contributed by atoms with Crippen LogP contribution >= 0.6 is 0 Å². The number of hydrogen-bond donors (Lipinski definition) is 0. The third-order valence-electron chi connectivity index (χ3n) is 1.66. The number of hydrogen-bond acceptors (Lipinski definition) is 2. The van der Waals surface area contributed by atoms with Crippen molar-refractivity contribution in [3.05, 3.63) is 11.8 Å². The molecule has 1 aromatic rings. The molecular formula is C8H8N2O. The van der Waals surface area contributed by atoms with Gasteiger partial charge in [0.05, 0.1) is 6.61 Å². The Morgan fingerprint density at radius 3 is 3.36 bits per heavy atom. The molecule has 0 amide bonds. The Morgan fingerprint density at radius 1 is 1.73 bits per heavy atom. The molecule has 56 valence electrons. The molecule has 0 unspecified atom stereocenters. The van der Waals surface area contributed by atoms with Crippen LogP contribution in [0.3, 0.4) is 0 Å². The van der Waals surface area contributed by atoms with Crippen molar-refractivity contribution in [1.29, 1.82) is 0 Å². The molecule has 0 radical (unpaired) electrons. The van der Waals surface area contributed by atoms with Gasteiger partial charge in [-0.2, -0.15) is 5.10 Å². The minimum Gasteiger partial charge on any atom is -0.478 e. The van der Waals surface area contributed by atoms with Crippen LogP contribution in [0.2, 0.25) is 0 Å². The second-order valence-corrected chi connectivity index (χ2v) is 2.44. The van der Waals surface area contributed by atoms with Crippen molar-refractivity contribution in [1.82, 2.24) is 9.78 Å². The summed E-state index contributed by atoms with van der Waals surface area (Å²) in [7, 11) is 0. The predicted octanol–water partition coefficient (Wildman–Crippen LogP) is 0.647. The van der Waals surface area contributed by atoms with Crippen LogP contribution in [-0.4, -0.2) is 16.4 Å². The molecule has 2 rings (SSSR count). The summed E-state index contributed by atoms with van der Waals surface area (Å²) < 4.78 is 7.12. The average Bonchev–Trinajstić information content (AvgIpc) is 2.46. The summed E-state index contributed by atoms with van der Waals surface area (Å²) in [5.74, 6) is 3.27. The largest absolute Gasteiger partial charge is 0.478 e. The fourth-order valence-corrected chi connectivity index (χ4v) is 1.14. The lowest BCUT2D eigenvalue weighted by Gasteiger charge is -2.13. The van der Waals surface area contributed by atoms with Crippen LogP contribution in [0, 0.1) is 12.3 Å². The molecule has 0 fully saturated rings. The molecule has 1 aliphatic heterocycles. The average molecular weight is 148 g/mol. The van der Waals surface area contributed by atoms with E-state index < -0.39 is 0 Å². The first-order chi connectivity index (χ1) is 5.40. The maximum Gasteiger partial charge on any atom is 0.213 e. The SMILES string of the molecule is C#Cc1cc2n(n1)CCCO2. The van der Waals surface area contributed by atoms with Crippen LogP contribution in [0.25, 0.3) is 0 Å². The van der Waals surface area contributed by atoms with Crippen LogP contribution in [-0.2, 0) is 6.54 Å². The van der Waals surface area contributed by atoms with Crippen LogP contribution in [0.5, 0.6) is 5.88 Å². The fraction of sp³-hybridized carbons (Fsp3) is 0.375. The Bertz CT molecular complexity index is 285. The summed E-state index contributed by atoms with van der Waals surface area (Å²) >= 11 is 0. The lowest BCUT2D eigenvalue weighted by Crippen LogP contribution is -2.14. The summed E-state index contributed by atoms with van der Waals surface area (Å²) in [6.07, 6.45) is 6.19. The normalized spacial score (nSPS) is 14.8. The zero-order valence-electron chi connectivity index (χ0n) is 6.08. The smallest absolute Gasteiger partial charge is 0.213 e. The molecule has 11 heavy (non-hydrogen) atoms. The molecule has 3 heteroatoms. The first-order valence-electron chi connectivity index (χ1n) is 3.57. The molecular weight excluding hydrogens is 140 g/mol. The highest BCUT2D eigenvalue weighted by molar-refractivity contribution is 5.29. The maximum atomic E-state index is 5.31. The molecule has 0 aromatic carbocycles. The van der Waals surface area contributed by atoms with Crippen molar-refractivity contribution in [3.63, 3.8) is 0 Å². The molecule has 2 heterocycles. The second kappa shape index (κ2) is 2.31. The van der Waals surface area contributed by atoms with Gasteiger partial charge < -0.3 is 4.74 Å². The van der Waals surface area contributed by atoms with Gasteiger partial charge in [-0.3, -0.25) is 0 Å². The van der Waals surface area contributed by atoms with Crippen LogP contribution < -0.4 is 4.74 Å². The Balaban J connectivity index is 2.42. The van der Waals surface area contributed by atoms with Crippen molar-refractivity contribution < 1.29 is 4.74 Å². The molecule has 0 saturated heterocycles. The van der Waals surface area contributed by atoms with Crippen molar-refractivity contribution in [2.75, 3.05) is 6.61 Å². The van der Waals surface area contributed by atoms with E-state index in [1.807, 2.05) is 0 Å². The van der Waals surface area contributed by atoms with Gasteiger partial charge in [0.15, 0.2) is 0 Å². The van der Waals surface area contributed by atoms with Crippen molar-refractivity contribution in [2.45, 2.75) is 13.0 Å². The molecule has 0 bridgehead atoms. The van der Waals surface area contributed by atoms with Gasteiger partial charge in [0, 0.05) is 19.0 Å². The second-order valence-electron chi connectivity index (χ2n) is 2.44. The van der Waals surface area contributed by atoms with Gasteiger partial charge in [-0.05, 0) is 5.92 Å². The Kier molecular flexibility index (Phi) is 1.32. The van der Waals surface area contributed by atoms with E-state index in [9.17, 15) is 0 Å². The quantitative estimate of drug-likeness (QED) is 0.505. The van der Waals surface area contributed by atoms with Crippen LogP contribution in [0.1, 0.15) is 12.1 Å². The maximum absolute atomic E-state index is 5.31. The number of rotatable bonds is 0. The number of aryl methyl sites for hydroxylation is 1. The summed E-state index contributed by atoms with van der Waals surface area (Å²) in [6.45, 7) is 1.69. The molecule has 0 aliphatic carbocycles. The van der Waals surface area contributed by atoms with Gasteiger partial charge >= 0.3 is 0 Å². The van der Waals surface area contributed by atoms with E-state index in [0.717, 1.165) is 25.5 Å². The zero-order valence-corrected chi connectivity index (χ0v) is 6.08. The fourth-order valence-electron chi connectivity index (χ4n) is 1.14. The number of aromatic nitrogens is 2. The lowest BCUT2D eigenvalue weighted by molar-refractivity contribution is 0.230. The Morgan fingerprint density at radius 2 is 2.64 bits per heavy atom. The van der Waals surface area contributed by atoms with Crippen LogP contribution in [0.15, 0.2) is 6.07 Å². The number of fused-ring (bicyclic) bond motifs is 1. The van der Waals surface area contributed by atoms with Gasteiger partial charge in [0.1, 0.15) is 5.69 Å². The highest BCUT2D eigenvalue weighted by Crippen LogP contribution is 2.17. The third kappa shape index (κ3) is 0.966. The predicted molar refractivity (Wildman–Crippen MR) is 40.3 cm³/mol. The summed E-state index contributed by atoms with van der Waals surface area (Å²) in [5.41, 5.74) is 0.655. The van der Waals surface area contributed by atoms with Crippen molar-refractivity contribution >= 4 is 0 Å². The van der Waals surface area contributed by atoms with Crippen molar-refractivity contribution in [2.24, 2.45) is 0 Å². The Labute approximate surface area is 65.0 Å². The van der Waals surface area contributed by atoms with E-state index in [-0.39, 0.29) is 0 Å². The molecule has 0 atom stereocenters. The number of terminal acetylenes is 1. The third-order valence-corrected chi connectivity index (χ3v) is 1.66. The van der Waals surface area contributed by atoms with Gasteiger partial charge in [0.25, 0.3) is 0 Å². The van der Waals surface area contributed by atoms with Crippen molar-refractivity contribution in [3.8, 4) is 18.2 Å². The zero-order chi connectivity index (χ0) is 7.68. The highest BCUT2D eigenvalue weighted by Gasteiger charge is 2.11. The molecule has 1 aromatic heterocycles. The molecule has 0 N–H and O–H groups in total. The van der Waals surface area contributed by atoms with E-state index in [4.69, 9.17) is 11.2 Å². The van der Waals surface area contributed by atoms with E-state index >= 15 is 0 Å². The van der Waals surface area contributed by atoms with Gasteiger partial charge in [-0.25, -0.2) is 4.68 Å². The minimum atomic E-state index is 0.655. The van der Waals surface area contributed by atoms with Gasteiger partial charge in [-0.1, -0.05) is 0 Å². The number of ether oxygens (including phenoxy) is 1. The lowest BCUT2D eigenvalue weighted by atomic mass is 10.4. The highest BCUT2D eigenvalue weighted by atomic mass is 16.5. The van der Waals surface area contributed by atoms with Gasteiger partial charge in [0.2, 0.25) is 5.88 Å². The standard InChI is InChI=1S/C8H8N2O/c1-2-7-6-8-10(9-7)4-3-5-11-8/h1,6H,3-5H2. The Hall–Kier alpha value is -1.43. The van der Waals surface area contributed by atoms with Crippen LogP contribution in [0.4, 0.5) is 0 Å². The summed E-state index contributed by atoms with van der Waals surface area (Å²) in [5, 5.41) is 4.12. The van der Waals surface area contributed by atoms with E-state index in [1.165, 1.54) is 0 Å². The van der Waals surface area contributed by atoms with Gasteiger partial charge in [-0.15, -0.1) is 6.42 Å². The summed E-state index contributed by atoms with van der Waals surface area (Å²) in [6, 6.07) is 1.79. The summed E-state index contributed by atoms with van der Waals surface area (Å²) in [4.78, 5) is 0. The molecule has 0 spiro atoms.